The van der Waals surface area contributed by atoms with E-state index in [9.17, 15) is 14.0 Å². The van der Waals surface area contributed by atoms with Gasteiger partial charge in [0, 0.05) is 31.4 Å². The van der Waals surface area contributed by atoms with E-state index in [4.69, 9.17) is 15.2 Å². The van der Waals surface area contributed by atoms with Gasteiger partial charge in [0.15, 0.2) is 11.9 Å². The van der Waals surface area contributed by atoms with Crippen LogP contribution in [0, 0.1) is 5.82 Å². The lowest BCUT2D eigenvalue weighted by atomic mass is 9.89. The van der Waals surface area contributed by atoms with E-state index in [0.29, 0.717) is 41.6 Å². The lowest BCUT2D eigenvalue weighted by Crippen LogP contribution is -2.42. The maximum absolute atomic E-state index is 14.5. The first kappa shape index (κ1) is 28.9. The van der Waals surface area contributed by atoms with E-state index in [1.807, 2.05) is 39.0 Å². The molecule has 11 nitrogen and oxygen atoms in total. The number of methoxy groups -OCH3 is 1. The highest BCUT2D eigenvalue weighted by Crippen LogP contribution is 2.37. The Balaban J connectivity index is 1.36. The van der Waals surface area contributed by atoms with Gasteiger partial charge in [-0.15, -0.1) is 10.2 Å². The number of primary amides is 1. The molecule has 42 heavy (non-hydrogen) atoms. The van der Waals surface area contributed by atoms with Crippen molar-refractivity contribution in [1.82, 2.24) is 24.7 Å². The number of aromatic nitrogens is 3. The minimum atomic E-state index is -0.974. The SMILES string of the molecule is COc1cc(C2CCN(C(=O)OC(C)(C)C)CC2)ccc1NN1C=C(Cc2ccccc2F)n2cnnc2C1C(N)=O. The van der Waals surface area contributed by atoms with Crippen LogP contribution in [0.1, 0.15) is 62.5 Å². The second-order valence-electron chi connectivity index (χ2n) is 11.5. The number of carbonyl (C=O) groups excluding carboxylic acids is 2. The summed E-state index contributed by atoms with van der Waals surface area (Å²) in [5, 5.41) is 9.69. The summed E-state index contributed by atoms with van der Waals surface area (Å²) in [4.78, 5) is 26.8. The van der Waals surface area contributed by atoms with Crippen molar-refractivity contribution in [3.05, 3.63) is 77.8 Å². The molecule has 1 saturated heterocycles. The van der Waals surface area contributed by atoms with Crippen molar-refractivity contribution < 1.29 is 23.5 Å². The molecule has 0 aliphatic carbocycles. The number of likely N-dealkylation sites (tertiary alicyclic amines) is 1. The number of nitrogens with one attached hydrogen (secondary N) is 1. The van der Waals surface area contributed by atoms with Crippen LogP contribution >= 0.6 is 0 Å². The summed E-state index contributed by atoms with van der Waals surface area (Å²) in [6, 6.07) is 11.4. The Morgan fingerprint density at radius 3 is 2.55 bits per heavy atom. The summed E-state index contributed by atoms with van der Waals surface area (Å²) in [6.45, 7) is 6.79. The van der Waals surface area contributed by atoms with Gasteiger partial charge in [-0.1, -0.05) is 24.3 Å². The largest absolute Gasteiger partial charge is 0.495 e. The Morgan fingerprint density at radius 1 is 1.14 bits per heavy atom. The van der Waals surface area contributed by atoms with E-state index in [1.54, 1.807) is 46.0 Å². The average molecular weight is 578 g/mol. The van der Waals surface area contributed by atoms with Crippen molar-refractivity contribution in [3.8, 4) is 5.75 Å². The maximum atomic E-state index is 14.5. The van der Waals surface area contributed by atoms with Gasteiger partial charge in [-0.2, -0.15) is 0 Å². The average Bonchev–Trinajstić information content (AvgIpc) is 3.43. The first-order valence-corrected chi connectivity index (χ1v) is 13.9. The Hall–Kier alpha value is -4.61. The summed E-state index contributed by atoms with van der Waals surface area (Å²) >= 11 is 0. The fourth-order valence-corrected chi connectivity index (χ4v) is 5.32. The minimum Gasteiger partial charge on any atom is -0.495 e. The number of rotatable bonds is 7. The van der Waals surface area contributed by atoms with E-state index in [0.717, 1.165) is 18.4 Å². The van der Waals surface area contributed by atoms with Crippen molar-refractivity contribution in [2.75, 3.05) is 25.6 Å². The highest BCUT2D eigenvalue weighted by Gasteiger charge is 2.35. The van der Waals surface area contributed by atoms with Crippen LogP contribution in [0.5, 0.6) is 5.75 Å². The first-order valence-electron chi connectivity index (χ1n) is 13.9. The van der Waals surface area contributed by atoms with Crippen LogP contribution in [-0.2, 0) is 16.0 Å². The molecule has 0 bridgehead atoms. The second kappa shape index (κ2) is 11.7. The molecule has 3 N–H and O–H groups in total. The minimum absolute atomic E-state index is 0.236. The van der Waals surface area contributed by atoms with Crippen LogP contribution in [0.15, 0.2) is 55.0 Å². The van der Waals surface area contributed by atoms with Crippen LogP contribution in [0.3, 0.4) is 0 Å². The Bertz CT molecular complexity index is 1490. The number of hydrazine groups is 1. The van der Waals surface area contributed by atoms with Gasteiger partial charge >= 0.3 is 6.09 Å². The first-order chi connectivity index (χ1) is 20.0. The maximum Gasteiger partial charge on any atom is 0.410 e. The number of ether oxygens (including phenoxy) is 2. The molecule has 5 rings (SSSR count). The molecule has 2 aromatic carbocycles. The molecule has 1 fully saturated rings. The van der Waals surface area contributed by atoms with E-state index in [1.165, 1.54) is 12.4 Å². The zero-order valence-corrected chi connectivity index (χ0v) is 24.2. The molecule has 3 heterocycles. The molecule has 0 saturated carbocycles. The molecule has 3 aromatic rings. The van der Waals surface area contributed by atoms with Gasteiger partial charge in [0.05, 0.1) is 12.8 Å². The van der Waals surface area contributed by atoms with Gasteiger partial charge in [0.25, 0.3) is 0 Å². The van der Waals surface area contributed by atoms with E-state index < -0.39 is 17.6 Å². The number of nitrogens with two attached hydrogens (primary N) is 1. The normalized spacial score (nSPS) is 17.4. The van der Waals surface area contributed by atoms with E-state index in [2.05, 4.69) is 15.6 Å². The van der Waals surface area contributed by atoms with Crippen LogP contribution in [0.4, 0.5) is 14.9 Å². The van der Waals surface area contributed by atoms with Gasteiger partial charge in [-0.05, 0) is 68.9 Å². The van der Waals surface area contributed by atoms with Crippen molar-refractivity contribution in [2.24, 2.45) is 5.73 Å². The van der Waals surface area contributed by atoms with Crippen LogP contribution in [0.2, 0.25) is 0 Å². The monoisotopic (exact) mass is 577 g/mol. The third-order valence-corrected chi connectivity index (χ3v) is 7.39. The highest BCUT2D eigenvalue weighted by molar-refractivity contribution is 5.82. The van der Waals surface area contributed by atoms with Gasteiger partial charge in [0.1, 0.15) is 23.5 Å². The Morgan fingerprint density at radius 2 is 1.88 bits per heavy atom. The molecule has 222 valence electrons. The zero-order valence-electron chi connectivity index (χ0n) is 24.2. The topological polar surface area (TPSA) is 128 Å². The quantitative estimate of drug-likeness (QED) is 0.422. The summed E-state index contributed by atoms with van der Waals surface area (Å²) in [7, 11) is 1.58. The predicted octanol–water partition coefficient (Wildman–Crippen LogP) is 4.45. The molecule has 2 aliphatic rings. The summed E-state index contributed by atoms with van der Waals surface area (Å²) in [5.41, 5.74) is 11.4. The lowest BCUT2D eigenvalue weighted by Gasteiger charge is -2.35. The summed E-state index contributed by atoms with van der Waals surface area (Å²) in [5.74, 6) is 0.160. The number of benzene rings is 2. The molecule has 12 heteroatoms. The second-order valence-corrected chi connectivity index (χ2v) is 11.5. The van der Waals surface area contributed by atoms with Gasteiger partial charge < -0.3 is 20.1 Å². The molecule has 1 unspecified atom stereocenters. The fourth-order valence-electron chi connectivity index (χ4n) is 5.32. The van der Waals surface area contributed by atoms with Crippen LogP contribution in [0.25, 0.3) is 5.70 Å². The molecule has 0 spiro atoms. The predicted molar refractivity (Wildman–Crippen MR) is 155 cm³/mol. The number of allylic oxidation sites excluding steroid dienone is 1. The number of amides is 2. The van der Waals surface area contributed by atoms with Crippen LogP contribution < -0.4 is 15.9 Å². The van der Waals surface area contributed by atoms with Gasteiger partial charge in [-0.3, -0.25) is 19.8 Å². The number of anilines is 1. The van der Waals surface area contributed by atoms with Crippen molar-refractivity contribution in [3.63, 3.8) is 0 Å². The van der Waals surface area contributed by atoms with Gasteiger partial charge in [0.2, 0.25) is 5.91 Å². The number of piperidine rings is 1. The third-order valence-electron chi connectivity index (χ3n) is 7.39. The third kappa shape index (κ3) is 6.17. The number of carbonyl (C=O) groups is 2. The lowest BCUT2D eigenvalue weighted by molar-refractivity contribution is -0.122. The number of fused-ring (bicyclic) bond motifs is 1. The number of nitrogens with zero attached hydrogens (tertiary/aromatic N) is 5. The number of halogens is 1. The Kier molecular flexibility index (Phi) is 8.06. The van der Waals surface area contributed by atoms with Gasteiger partial charge in [-0.25, -0.2) is 9.18 Å². The van der Waals surface area contributed by atoms with E-state index >= 15 is 0 Å². The zero-order chi connectivity index (χ0) is 30.0. The summed E-state index contributed by atoms with van der Waals surface area (Å²) in [6.07, 6.45) is 4.73. The highest BCUT2D eigenvalue weighted by atomic mass is 19.1. The molecule has 1 aromatic heterocycles. The summed E-state index contributed by atoms with van der Waals surface area (Å²) < 4.78 is 27.4. The molecule has 0 radical (unpaired) electrons. The van der Waals surface area contributed by atoms with E-state index in [-0.39, 0.29) is 24.2 Å². The fraction of sp³-hybridized carbons (Fsp3) is 0.400. The molecule has 1 atom stereocenters. The van der Waals surface area contributed by atoms with Crippen molar-refractivity contribution >= 4 is 23.4 Å². The smallest absolute Gasteiger partial charge is 0.410 e. The van der Waals surface area contributed by atoms with Crippen molar-refractivity contribution in [2.45, 2.75) is 57.6 Å². The van der Waals surface area contributed by atoms with Crippen molar-refractivity contribution in [1.29, 1.82) is 0 Å². The number of hydrogen-bond donors (Lipinski definition) is 2. The standard InChI is InChI=1S/C30H36FN7O4/c1-30(2,3)42-29(40)36-13-11-19(12-14-36)20-9-10-24(25(16-20)41-4)35-38-17-22(15-21-7-5-6-8-23(21)31)37-18-33-34-28(37)26(38)27(32)39/h5-10,16-19,26,35H,11-15H2,1-4H3,(H2,32,39). The number of hydrogen-bond acceptors (Lipinski definition) is 8. The van der Waals surface area contributed by atoms with Crippen LogP contribution in [-0.4, -0.2) is 62.5 Å². The molecule has 2 aliphatic heterocycles. The Labute approximate surface area is 244 Å². The molecular formula is C30H36FN7O4. The molecule has 2 amide bonds. The molecular weight excluding hydrogens is 541 g/mol.